The smallest absolute Gasteiger partial charge is 0.0962 e. The van der Waals surface area contributed by atoms with E-state index in [1.165, 1.54) is 11.3 Å². The Morgan fingerprint density at radius 3 is 2.44 bits per heavy atom. The third-order valence-electron chi connectivity index (χ3n) is 3.67. The summed E-state index contributed by atoms with van der Waals surface area (Å²) in [5, 5.41) is 0. The third-order valence-corrected chi connectivity index (χ3v) is 3.67. The minimum absolute atomic E-state index is 0.168. The lowest BCUT2D eigenvalue weighted by Crippen LogP contribution is -2.40. The van der Waals surface area contributed by atoms with Gasteiger partial charge in [-0.15, -0.1) is 0 Å². The molecular formula is C15H24N2O. The highest BCUT2D eigenvalue weighted by molar-refractivity contribution is 5.49. The molecule has 1 aromatic rings. The molecule has 18 heavy (non-hydrogen) atoms. The van der Waals surface area contributed by atoms with Crippen LogP contribution in [0.3, 0.4) is 0 Å². The van der Waals surface area contributed by atoms with Crippen molar-refractivity contribution in [1.82, 2.24) is 0 Å². The predicted octanol–water partition coefficient (Wildman–Crippen LogP) is 2.84. The Labute approximate surface area is 110 Å². The van der Waals surface area contributed by atoms with Crippen LogP contribution in [0.1, 0.15) is 39.2 Å². The fourth-order valence-corrected chi connectivity index (χ4v) is 2.46. The van der Waals surface area contributed by atoms with Gasteiger partial charge in [0.1, 0.15) is 0 Å². The molecule has 0 bridgehead atoms. The van der Waals surface area contributed by atoms with Crippen molar-refractivity contribution in [3.8, 4) is 0 Å². The van der Waals surface area contributed by atoms with Gasteiger partial charge in [-0.1, -0.05) is 32.9 Å². The van der Waals surface area contributed by atoms with Crippen LogP contribution in [0.4, 0.5) is 5.69 Å². The van der Waals surface area contributed by atoms with Gasteiger partial charge >= 0.3 is 0 Å². The van der Waals surface area contributed by atoms with Crippen molar-refractivity contribution in [3.63, 3.8) is 0 Å². The van der Waals surface area contributed by atoms with Crippen LogP contribution in [-0.2, 0) is 10.3 Å². The minimum atomic E-state index is 0.168. The maximum Gasteiger partial charge on any atom is 0.0962 e. The molecule has 0 spiro atoms. The zero-order valence-corrected chi connectivity index (χ0v) is 11.6. The first kappa shape index (κ1) is 13.4. The molecule has 0 aliphatic carbocycles. The van der Waals surface area contributed by atoms with Crippen molar-refractivity contribution in [3.05, 3.63) is 29.8 Å². The van der Waals surface area contributed by atoms with Crippen LogP contribution in [0.15, 0.2) is 24.3 Å². The molecule has 0 radical (unpaired) electrons. The highest BCUT2D eigenvalue weighted by Crippen LogP contribution is 2.26. The minimum Gasteiger partial charge on any atom is -0.369 e. The standard InChI is InChI=1S/C15H24N2O/c1-15(2,3)12-6-8-13(9-7-12)17-10-4-5-14(11-17)18-16/h6-9,14H,4-5,10-11,16H2,1-3H3. The van der Waals surface area contributed by atoms with Crippen LogP contribution in [0.25, 0.3) is 0 Å². The van der Waals surface area contributed by atoms with Crippen LogP contribution in [-0.4, -0.2) is 19.2 Å². The molecule has 1 saturated heterocycles. The topological polar surface area (TPSA) is 38.5 Å². The Morgan fingerprint density at radius 1 is 1.22 bits per heavy atom. The third kappa shape index (κ3) is 3.03. The van der Waals surface area contributed by atoms with E-state index in [1.807, 2.05) is 0 Å². The molecular weight excluding hydrogens is 224 g/mol. The monoisotopic (exact) mass is 248 g/mol. The second-order valence-electron chi connectivity index (χ2n) is 6.14. The van der Waals surface area contributed by atoms with Crippen LogP contribution < -0.4 is 10.8 Å². The zero-order valence-electron chi connectivity index (χ0n) is 11.6. The van der Waals surface area contributed by atoms with Crippen LogP contribution in [0, 0.1) is 0 Å². The van der Waals surface area contributed by atoms with Crippen LogP contribution in [0.2, 0.25) is 0 Å². The molecule has 1 atom stereocenters. The Kier molecular flexibility index (Phi) is 3.93. The summed E-state index contributed by atoms with van der Waals surface area (Å²) in [6, 6.07) is 8.86. The number of nitrogens with zero attached hydrogens (tertiary/aromatic N) is 1. The molecule has 1 unspecified atom stereocenters. The predicted molar refractivity (Wildman–Crippen MR) is 75.6 cm³/mol. The number of benzene rings is 1. The number of hydrogen-bond acceptors (Lipinski definition) is 3. The maximum atomic E-state index is 5.30. The van der Waals surface area contributed by atoms with E-state index in [0.717, 1.165) is 25.9 Å². The normalized spacial score (nSPS) is 21.1. The molecule has 2 N–H and O–H groups in total. The van der Waals surface area contributed by atoms with Gasteiger partial charge in [-0.3, -0.25) is 4.84 Å². The highest BCUT2D eigenvalue weighted by atomic mass is 16.6. The first-order valence-electron chi connectivity index (χ1n) is 6.72. The SMILES string of the molecule is CC(C)(C)c1ccc(N2CCCC(ON)C2)cc1. The summed E-state index contributed by atoms with van der Waals surface area (Å²) >= 11 is 0. The maximum absolute atomic E-state index is 5.30. The van der Waals surface area contributed by atoms with E-state index >= 15 is 0 Å². The molecule has 1 heterocycles. The Bertz CT molecular complexity index is 380. The summed E-state index contributed by atoms with van der Waals surface area (Å²) in [5.74, 6) is 5.30. The molecule has 0 saturated carbocycles. The molecule has 3 nitrogen and oxygen atoms in total. The Morgan fingerprint density at radius 2 is 1.89 bits per heavy atom. The zero-order chi connectivity index (χ0) is 13.2. The van der Waals surface area contributed by atoms with Gasteiger partial charge in [-0.2, -0.15) is 0 Å². The van der Waals surface area contributed by atoms with E-state index in [9.17, 15) is 0 Å². The number of rotatable bonds is 2. The second kappa shape index (κ2) is 5.29. The lowest BCUT2D eigenvalue weighted by molar-refractivity contribution is 0.0435. The number of nitrogens with two attached hydrogens (primary N) is 1. The molecule has 1 fully saturated rings. The van der Waals surface area contributed by atoms with Crippen molar-refractivity contribution in [2.75, 3.05) is 18.0 Å². The van der Waals surface area contributed by atoms with Gasteiger partial charge in [-0.25, -0.2) is 5.90 Å². The molecule has 1 aliphatic heterocycles. The fourth-order valence-electron chi connectivity index (χ4n) is 2.46. The summed E-state index contributed by atoms with van der Waals surface area (Å²) in [7, 11) is 0. The highest BCUT2D eigenvalue weighted by Gasteiger charge is 2.20. The van der Waals surface area contributed by atoms with Crippen molar-refractivity contribution >= 4 is 5.69 Å². The summed E-state index contributed by atoms with van der Waals surface area (Å²) in [4.78, 5) is 7.33. The van der Waals surface area contributed by atoms with E-state index < -0.39 is 0 Å². The van der Waals surface area contributed by atoms with E-state index in [0.29, 0.717) is 0 Å². The van der Waals surface area contributed by atoms with Crippen LogP contribution >= 0.6 is 0 Å². The van der Waals surface area contributed by atoms with Crippen molar-refractivity contribution in [2.45, 2.75) is 45.1 Å². The fraction of sp³-hybridized carbons (Fsp3) is 0.600. The van der Waals surface area contributed by atoms with E-state index in [1.54, 1.807) is 0 Å². The van der Waals surface area contributed by atoms with Crippen molar-refractivity contribution in [2.24, 2.45) is 5.90 Å². The van der Waals surface area contributed by atoms with Gasteiger partial charge in [0.2, 0.25) is 0 Å². The van der Waals surface area contributed by atoms with E-state index in [2.05, 4.69) is 49.9 Å². The van der Waals surface area contributed by atoms with Crippen molar-refractivity contribution < 1.29 is 4.84 Å². The lowest BCUT2D eigenvalue weighted by atomic mass is 9.87. The second-order valence-corrected chi connectivity index (χ2v) is 6.14. The van der Waals surface area contributed by atoms with Gasteiger partial charge in [0.05, 0.1) is 6.10 Å². The molecule has 100 valence electrons. The largest absolute Gasteiger partial charge is 0.369 e. The van der Waals surface area contributed by atoms with Crippen molar-refractivity contribution in [1.29, 1.82) is 0 Å². The summed E-state index contributed by atoms with van der Waals surface area (Å²) in [5.41, 5.74) is 2.85. The van der Waals surface area contributed by atoms with Gasteiger partial charge in [-0.05, 0) is 36.0 Å². The van der Waals surface area contributed by atoms with Gasteiger partial charge in [0, 0.05) is 18.8 Å². The average molecular weight is 248 g/mol. The van der Waals surface area contributed by atoms with Gasteiger partial charge in [0.25, 0.3) is 0 Å². The molecule has 1 aliphatic rings. The summed E-state index contributed by atoms with van der Waals surface area (Å²) in [6.07, 6.45) is 2.37. The first-order valence-corrected chi connectivity index (χ1v) is 6.72. The molecule has 0 aromatic heterocycles. The van der Waals surface area contributed by atoms with Gasteiger partial charge in [0.15, 0.2) is 0 Å². The molecule has 1 aromatic carbocycles. The first-order chi connectivity index (χ1) is 8.50. The van der Waals surface area contributed by atoms with Gasteiger partial charge < -0.3 is 4.90 Å². The molecule has 3 heteroatoms. The molecule has 0 amide bonds. The summed E-state index contributed by atoms with van der Waals surface area (Å²) < 4.78 is 0. The molecule has 2 rings (SSSR count). The van der Waals surface area contributed by atoms with E-state index in [-0.39, 0.29) is 11.5 Å². The quantitative estimate of drug-likeness (QED) is 0.818. The number of anilines is 1. The Balaban J connectivity index is 2.09. The lowest BCUT2D eigenvalue weighted by Gasteiger charge is -2.33. The van der Waals surface area contributed by atoms with E-state index in [4.69, 9.17) is 10.7 Å². The average Bonchev–Trinajstić information content (AvgIpc) is 2.38. The Hall–Kier alpha value is -1.06. The summed E-state index contributed by atoms with van der Waals surface area (Å²) in [6.45, 7) is 8.70. The number of hydrogen-bond donors (Lipinski definition) is 1. The van der Waals surface area contributed by atoms with Crippen LogP contribution in [0.5, 0.6) is 0 Å². The number of piperidine rings is 1.